The van der Waals surface area contributed by atoms with Crippen LogP contribution in [0.1, 0.15) is 35.3 Å². The topological polar surface area (TPSA) is 135 Å². The maximum absolute atomic E-state index is 14.5. The van der Waals surface area contributed by atoms with Gasteiger partial charge in [0.25, 0.3) is 5.91 Å². The summed E-state index contributed by atoms with van der Waals surface area (Å²) in [5.74, 6) is -3.12. The van der Waals surface area contributed by atoms with Gasteiger partial charge < -0.3 is 23.7 Å². The fourth-order valence-electron chi connectivity index (χ4n) is 5.74. The molecule has 0 N–H and O–H groups in total. The van der Waals surface area contributed by atoms with Crippen molar-refractivity contribution in [2.24, 2.45) is 0 Å². The minimum atomic E-state index is -1.65. The van der Waals surface area contributed by atoms with Crippen molar-refractivity contribution < 1.29 is 47.7 Å². The molecule has 0 saturated heterocycles. The Labute approximate surface area is 284 Å². The number of hydrogen-bond acceptors (Lipinski definition) is 13. The van der Waals surface area contributed by atoms with Gasteiger partial charge in [-0.05, 0) is 50.6 Å². The van der Waals surface area contributed by atoms with Crippen LogP contribution in [-0.4, -0.2) is 75.0 Å². The molecule has 3 heterocycles. The molecule has 14 heteroatoms. The van der Waals surface area contributed by atoms with Crippen molar-refractivity contribution in [1.82, 2.24) is 0 Å². The van der Waals surface area contributed by atoms with Gasteiger partial charge in [0.05, 0.1) is 52.3 Å². The Bertz CT molecular complexity index is 1800. The number of aryl methyl sites for hydroxylation is 1. The molecule has 11 nitrogen and oxygen atoms in total. The number of hydrogen-bond donors (Lipinski definition) is 0. The summed E-state index contributed by atoms with van der Waals surface area (Å²) in [5.41, 5.74) is 1.44. The van der Waals surface area contributed by atoms with E-state index in [9.17, 15) is 24.0 Å². The van der Waals surface area contributed by atoms with Crippen LogP contribution in [-0.2, 0) is 38.1 Å². The molecule has 0 aliphatic carbocycles. The number of thioether (sulfide) groups is 3. The van der Waals surface area contributed by atoms with Crippen LogP contribution in [0, 0.1) is 6.92 Å². The molecule has 3 aliphatic heterocycles. The van der Waals surface area contributed by atoms with E-state index in [2.05, 4.69) is 0 Å². The van der Waals surface area contributed by atoms with Gasteiger partial charge >= 0.3 is 23.9 Å². The molecule has 3 aliphatic rings. The fraction of sp³-hybridized carbons (Fsp3) is 0.303. The molecule has 5 rings (SSSR count). The highest BCUT2D eigenvalue weighted by Crippen LogP contribution is 2.71. The predicted octanol–water partition coefficient (Wildman–Crippen LogP) is 5.23. The Morgan fingerprint density at radius 2 is 1.23 bits per heavy atom. The minimum Gasteiger partial charge on any atom is -0.497 e. The number of benzene rings is 2. The van der Waals surface area contributed by atoms with Crippen molar-refractivity contribution in [1.29, 1.82) is 0 Å². The third kappa shape index (κ3) is 5.32. The van der Waals surface area contributed by atoms with E-state index in [-0.39, 0.29) is 26.2 Å². The summed E-state index contributed by atoms with van der Waals surface area (Å²) < 4.78 is 24.1. The molecule has 0 aromatic heterocycles. The highest BCUT2D eigenvalue weighted by molar-refractivity contribution is 8.26. The number of nitrogens with zero attached hydrogens (tertiary/aromatic N) is 1. The number of carbonyl (C=O) groups excluding carboxylic acids is 5. The predicted molar refractivity (Wildman–Crippen MR) is 180 cm³/mol. The van der Waals surface area contributed by atoms with Crippen molar-refractivity contribution in [2.75, 3.05) is 40.4 Å². The molecule has 2 aromatic carbocycles. The first-order valence-corrected chi connectivity index (χ1v) is 16.5. The summed E-state index contributed by atoms with van der Waals surface area (Å²) in [6, 6.07) is 12.2. The van der Waals surface area contributed by atoms with E-state index in [4.69, 9.17) is 23.7 Å². The number of carbonyl (C=O) groups is 5. The van der Waals surface area contributed by atoms with E-state index in [1.54, 1.807) is 35.2 Å². The first kappa shape index (κ1) is 34.2. The average Bonchev–Trinajstić information content (AvgIpc) is 3.47. The van der Waals surface area contributed by atoms with Gasteiger partial charge in [-0.1, -0.05) is 53.5 Å². The number of anilines is 1. The van der Waals surface area contributed by atoms with E-state index in [0.29, 0.717) is 33.0 Å². The number of amides is 1. The van der Waals surface area contributed by atoms with E-state index in [1.165, 1.54) is 35.5 Å². The molecule has 2 aromatic rings. The molecule has 0 bridgehead atoms. The number of rotatable bonds is 6. The second-order valence-electron chi connectivity index (χ2n) is 10.9. The number of fused-ring (bicyclic) bond motifs is 3. The molecule has 246 valence electrons. The first-order valence-electron chi connectivity index (χ1n) is 14.0. The van der Waals surface area contributed by atoms with Crippen molar-refractivity contribution in [2.45, 2.75) is 30.4 Å². The van der Waals surface area contributed by atoms with Crippen LogP contribution in [0.2, 0.25) is 0 Å². The fourth-order valence-corrected chi connectivity index (χ4v) is 10.8. The van der Waals surface area contributed by atoms with Crippen molar-refractivity contribution in [3.8, 4) is 5.75 Å². The Hall–Kier alpha value is -4.14. The second-order valence-corrected chi connectivity index (χ2v) is 14.6. The molecule has 0 unspecified atom stereocenters. The summed E-state index contributed by atoms with van der Waals surface area (Å²) in [5, 5.41) is 0. The summed E-state index contributed by atoms with van der Waals surface area (Å²) in [6.07, 6.45) is 0. The van der Waals surface area contributed by atoms with Crippen LogP contribution in [0.3, 0.4) is 0 Å². The van der Waals surface area contributed by atoms with Crippen LogP contribution in [0.5, 0.6) is 5.75 Å². The molecule has 0 fully saturated rings. The van der Waals surface area contributed by atoms with Crippen LogP contribution in [0.4, 0.5) is 5.69 Å². The molecule has 1 amide bonds. The van der Waals surface area contributed by atoms with E-state index in [1.807, 2.05) is 32.9 Å². The lowest BCUT2D eigenvalue weighted by atomic mass is 9.82. The quantitative estimate of drug-likeness (QED) is 0.288. The SMILES string of the molecule is COC(=O)C1=C(C(=O)OC)SC2(S1)C(C(=O)OC)=C(C(=O)OC)SC1=C2c2cccc(C)c2N(C(=O)c2ccc(OC)cc2)C1(C)C. The van der Waals surface area contributed by atoms with Crippen molar-refractivity contribution >= 4 is 76.3 Å². The lowest BCUT2D eigenvalue weighted by molar-refractivity contribution is -0.138. The van der Waals surface area contributed by atoms with Crippen LogP contribution >= 0.6 is 35.3 Å². The monoisotopic (exact) mass is 697 g/mol. The highest BCUT2D eigenvalue weighted by atomic mass is 32.2. The van der Waals surface area contributed by atoms with Gasteiger partial charge in [0.1, 0.15) is 24.5 Å². The molecular formula is C33H31NO10S3. The van der Waals surface area contributed by atoms with Crippen molar-refractivity contribution in [3.63, 3.8) is 0 Å². The number of ether oxygens (including phenoxy) is 5. The smallest absolute Gasteiger partial charge is 0.345 e. The molecule has 1 spiro atoms. The van der Waals surface area contributed by atoms with Gasteiger partial charge in [-0.2, -0.15) is 0 Å². The maximum atomic E-state index is 14.5. The largest absolute Gasteiger partial charge is 0.497 e. The maximum Gasteiger partial charge on any atom is 0.345 e. The zero-order valence-corrected chi connectivity index (χ0v) is 29.2. The van der Waals surface area contributed by atoms with Gasteiger partial charge in [-0.15, -0.1) is 0 Å². The standard InChI is InChI=1S/C33H31NO10S3/c1-16-10-9-11-19-20-26(32(2,3)34(22(16)19)27(35)17-12-14-18(40-4)15-13-17)45-23(29(37)42-6)21(28(36)41-5)33(20)46-24(30(38)43-7)25(47-33)31(39)44-8/h9-15H,1-8H3. The second kappa shape index (κ2) is 12.8. The molecular weight excluding hydrogens is 667 g/mol. The number of esters is 4. The Morgan fingerprint density at radius 1 is 0.702 bits per heavy atom. The van der Waals surface area contributed by atoms with Crippen LogP contribution < -0.4 is 9.64 Å². The zero-order valence-electron chi connectivity index (χ0n) is 26.8. The normalized spacial score (nSPS) is 17.6. The summed E-state index contributed by atoms with van der Waals surface area (Å²) >= 11 is 2.74. The van der Waals surface area contributed by atoms with Gasteiger partial charge in [0, 0.05) is 21.6 Å². The minimum absolute atomic E-state index is 0.113. The molecule has 47 heavy (non-hydrogen) atoms. The van der Waals surface area contributed by atoms with Crippen LogP contribution in [0.15, 0.2) is 67.7 Å². The van der Waals surface area contributed by atoms with E-state index in [0.717, 1.165) is 40.8 Å². The number of para-hydroxylation sites is 1. The van der Waals surface area contributed by atoms with Crippen LogP contribution in [0.25, 0.3) is 5.57 Å². The average molecular weight is 698 g/mol. The summed E-state index contributed by atoms with van der Waals surface area (Å²) in [6.45, 7) is 5.53. The Balaban J connectivity index is 1.87. The van der Waals surface area contributed by atoms with Gasteiger partial charge in [-0.25, -0.2) is 19.2 Å². The highest BCUT2D eigenvalue weighted by Gasteiger charge is 2.62. The Morgan fingerprint density at radius 3 is 1.74 bits per heavy atom. The molecule has 0 radical (unpaired) electrons. The molecule has 0 saturated carbocycles. The lowest BCUT2D eigenvalue weighted by Gasteiger charge is -2.51. The van der Waals surface area contributed by atoms with E-state index >= 15 is 0 Å². The zero-order chi connectivity index (χ0) is 34.4. The summed E-state index contributed by atoms with van der Waals surface area (Å²) in [4.78, 5) is 70.0. The van der Waals surface area contributed by atoms with Gasteiger partial charge in [0.2, 0.25) is 0 Å². The van der Waals surface area contributed by atoms with Crippen molar-refractivity contribution in [3.05, 3.63) is 84.3 Å². The number of methoxy groups -OCH3 is 5. The van der Waals surface area contributed by atoms with Gasteiger partial charge in [-0.3, -0.25) is 9.69 Å². The lowest BCUT2D eigenvalue weighted by Crippen LogP contribution is -2.54. The van der Waals surface area contributed by atoms with Gasteiger partial charge in [0.15, 0.2) is 0 Å². The third-order valence-electron chi connectivity index (χ3n) is 7.90. The van der Waals surface area contributed by atoms with E-state index < -0.39 is 33.5 Å². The molecule has 0 atom stereocenters. The Kier molecular flexibility index (Phi) is 9.32. The first-order chi connectivity index (χ1) is 22.3. The third-order valence-corrected chi connectivity index (χ3v) is 12.6. The summed E-state index contributed by atoms with van der Waals surface area (Å²) in [7, 11) is 6.23.